The van der Waals surface area contributed by atoms with Crippen molar-refractivity contribution in [2.24, 2.45) is 5.73 Å². The summed E-state index contributed by atoms with van der Waals surface area (Å²) in [5.74, 6) is 1.52. The molecule has 2 N–H and O–H groups in total. The second-order valence-corrected chi connectivity index (χ2v) is 5.18. The molecular weight excluding hydrogens is 278 g/mol. The third kappa shape index (κ3) is 2.46. The summed E-state index contributed by atoms with van der Waals surface area (Å²) in [4.78, 5) is 0. The van der Waals surface area contributed by atoms with Gasteiger partial charge in [-0.1, -0.05) is 17.7 Å². The molecule has 1 aromatic heterocycles. The molecule has 2 heterocycles. The van der Waals surface area contributed by atoms with Gasteiger partial charge in [0.2, 0.25) is 0 Å². The lowest BCUT2D eigenvalue weighted by Gasteiger charge is -2.20. The van der Waals surface area contributed by atoms with E-state index in [2.05, 4.69) is 5.10 Å². The van der Waals surface area contributed by atoms with Crippen LogP contribution >= 0.6 is 11.6 Å². The van der Waals surface area contributed by atoms with Crippen LogP contribution in [0.15, 0.2) is 24.4 Å². The van der Waals surface area contributed by atoms with E-state index >= 15 is 0 Å². The lowest BCUT2D eigenvalue weighted by Crippen LogP contribution is -2.20. The number of halogens is 1. The van der Waals surface area contributed by atoms with E-state index in [-0.39, 0.29) is 6.04 Å². The first-order valence-electron chi connectivity index (χ1n) is 6.48. The molecule has 20 heavy (non-hydrogen) atoms. The number of ether oxygens (including phenoxy) is 2. The van der Waals surface area contributed by atoms with Crippen molar-refractivity contribution < 1.29 is 9.47 Å². The maximum atomic E-state index is 6.24. The van der Waals surface area contributed by atoms with E-state index in [9.17, 15) is 0 Å². The molecule has 1 aliphatic rings. The lowest BCUT2D eigenvalue weighted by molar-refractivity contribution is 0.171. The van der Waals surface area contributed by atoms with Gasteiger partial charge in [-0.05, 0) is 24.6 Å². The first-order chi connectivity index (χ1) is 9.65. The number of fused-ring (bicyclic) bond motifs is 1. The minimum atomic E-state index is -0.180. The molecule has 0 radical (unpaired) electrons. The Kier molecular flexibility index (Phi) is 3.54. The van der Waals surface area contributed by atoms with Gasteiger partial charge in [0.15, 0.2) is 11.5 Å². The minimum Gasteiger partial charge on any atom is -0.486 e. The summed E-state index contributed by atoms with van der Waals surface area (Å²) >= 11 is 5.99. The molecule has 1 aromatic carbocycles. The molecule has 5 nitrogen and oxygen atoms in total. The number of benzene rings is 1. The summed E-state index contributed by atoms with van der Waals surface area (Å²) in [6.45, 7) is 3.65. The fraction of sp³-hybridized carbons (Fsp3) is 0.357. The maximum absolute atomic E-state index is 6.24. The van der Waals surface area contributed by atoms with Crippen molar-refractivity contribution in [3.05, 3.63) is 40.7 Å². The van der Waals surface area contributed by atoms with Gasteiger partial charge in [0, 0.05) is 6.04 Å². The van der Waals surface area contributed by atoms with E-state index in [4.69, 9.17) is 26.8 Å². The minimum absolute atomic E-state index is 0.180. The molecule has 6 heteroatoms. The van der Waals surface area contributed by atoms with Crippen molar-refractivity contribution in [2.45, 2.75) is 19.5 Å². The molecular formula is C14H16ClN3O2. The molecule has 0 bridgehead atoms. The molecule has 1 atom stereocenters. The van der Waals surface area contributed by atoms with Gasteiger partial charge < -0.3 is 15.2 Å². The molecule has 1 unspecified atom stereocenters. The predicted octanol–water partition coefficient (Wildman–Crippen LogP) is 2.32. The number of aromatic nitrogens is 2. The van der Waals surface area contributed by atoms with Gasteiger partial charge in [0.05, 0.1) is 23.5 Å². The van der Waals surface area contributed by atoms with Crippen LogP contribution in [-0.2, 0) is 6.54 Å². The first kappa shape index (κ1) is 13.3. The highest BCUT2D eigenvalue weighted by Gasteiger charge is 2.16. The van der Waals surface area contributed by atoms with Gasteiger partial charge in [-0.25, -0.2) is 0 Å². The van der Waals surface area contributed by atoms with Gasteiger partial charge >= 0.3 is 0 Å². The van der Waals surface area contributed by atoms with Crippen LogP contribution in [0.25, 0.3) is 0 Å². The fourth-order valence-corrected chi connectivity index (χ4v) is 2.33. The van der Waals surface area contributed by atoms with E-state index in [1.807, 2.05) is 29.8 Å². The molecule has 106 valence electrons. The standard InChI is InChI=1S/C14H16ClN3O2/c1-9-11(15)7-17-18(9)8-12(16)10-2-3-13-14(6-10)20-5-4-19-13/h2-3,6-7,12H,4-5,8,16H2,1H3. The third-order valence-electron chi connectivity index (χ3n) is 3.41. The highest BCUT2D eigenvalue weighted by molar-refractivity contribution is 6.31. The Balaban J connectivity index is 1.80. The van der Waals surface area contributed by atoms with Crippen molar-refractivity contribution >= 4 is 11.6 Å². The molecule has 3 rings (SSSR count). The van der Waals surface area contributed by atoms with Crippen LogP contribution in [0.5, 0.6) is 11.5 Å². The van der Waals surface area contributed by atoms with Crippen LogP contribution in [0.2, 0.25) is 5.02 Å². The maximum Gasteiger partial charge on any atom is 0.161 e. The Morgan fingerprint density at radius 1 is 1.35 bits per heavy atom. The first-order valence-corrected chi connectivity index (χ1v) is 6.86. The Labute approximate surface area is 122 Å². The van der Waals surface area contributed by atoms with Crippen LogP contribution in [0, 0.1) is 6.92 Å². The van der Waals surface area contributed by atoms with Crippen LogP contribution in [0.4, 0.5) is 0 Å². The number of rotatable bonds is 3. The van der Waals surface area contributed by atoms with E-state index in [1.54, 1.807) is 6.20 Å². The van der Waals surface area contributed by atoms with E-state index in [0.717, 1.165) is 22.8 Å². The summed E-state index contributed by atoms with van der Waals surface area (Å²) in [7, 11) is 0. The number of nitrogens with zero attached hydrogens (tertiary/aromatic N) is 2. The van der Waals surface area contributed by atoms with Crippen LogP contribution in [0.1, 0.15) is 17.3 Å². The summed E-state index contributed by atoms with van der Waals surface area (Å²) in [5.41, 5.74) is 8.14. The smallest absolute Gasteiger partial charge is 0.161 e. The van der Waals surface area contributed by atoms with Crippen LogP contribution in [-0.4, -0.2) is 23.0 Å². The Bertz CT molecular complexity index is 627. The normalized spacial score (nSPS) is 15.2. The van der Waals surface area contributed by atoms with E-state index in [0.29, 0.717) is 24.8 Å². The molecule has 0 aliphatic carbocycles. The zero-order valence-electron chi connectivity index (χ0n) is 11.2. The van der Waals surface area contributed by atoms with Gasteiger partial charge in [-0.2, -0.15) is 5.10 Å². The van der Waals surface area contributed by atoms with Crippen LogP contribution in [0.3, 0.4) is 0 Å². The number of hydrogen-bond acceptors (Lipinski definition) is 4. The summed E-state index contributed by atoms with van der Waals surface area (Å²) in [6, 6.07) is 5.60. The Hall–Kier alpha value is -1.72. The largest absolute Gasteiger partial charge is 0.486 e. The van der Waals surface area contributed by atoms with Crippen molar-refractivity contribution in [3.8, 4) is 11.5 Å². The monoisotopic (exact) mass is 293 g/mol. The SMILES string of the molecule is Cc1c(Cl)cnn1CC(N)c1ccc2c(c1)OCCO2. The quantitative estimate of drug-likeness (QED) is 0.943. The predicted molar refractivity (Wildman–Crippen MR) is 76.3 cm³/mol. The van der Waals surface area contributed by atoms with Gasteiger partial charge in [0.25, 0.3) is 0 Å². The average molecular weight is 294 g/mol. The molecule has 0 spiro atoms. The fourth-order valence-electron chi connectivity index (χ4n) is 2.19. The van der Waals surface area contributed by atoms with Crippen molar-refractivity contribution in [2.75, 3.05) is 13.2 Å². The lowest BCUT2D eigenvalue weighted by atomic mass is 10.1. The van der Waals surface area contributed by atoms with Gasteiger partial charge in [-0.3, -0.25) is 4.68 Å². The van der Waals surface area contributed by atoms with E-state index < -0.39 is 0 Å². The van der Waals surface area contributed by atoms with Gasteiger partial charge in [-0.15, -0.1) is 0 Å². The van der Waals surface area contributed by atoms with Crippen molar-refractivity contribution in [3.63, 3.8) is 0 Å². The van der Waals surface area contributed by atoms with Crippen molar-refractivity contribution in [1.29, 1.82) is 0 Å². The van der Waals surface area contributed by atoms with Crippen molar-refractivity contribution in [1.82, 2.24) is 9.78 Å². The topological polar surface area (TPSA) is 62.3 Å². The third-order valence-corrected chi connectivity index (χ3v) is 3.78. The van der Waals surface area contributed by atoms with E-state index in [1.165, 1.54) is 0 Å². The molecule has 0 amide bonds. The number of nitrogens with two attached hydrogens (primary N) is 1. The number of hydrogen-bond donors (Lipinski definition) is 1. The summed E-state index contributed by atoms with van der Waals surface area (Å²) in [6.07, 6.45) is 1.63. The molecule has 0 fully saturated rings. The molecule has 0 saturated carbocycles. The summed E-state index contributed by atoms with van der Waals surface area (Å²) < 4.78 is 12.9. The Morgan fingerprint density at radius 3 is 2.80 bits per heavy atom. The highest BCUT2D eigenvalue weighted by atomic mass is 35.5. The average Bonchev–Trinajstić information content (AvgIpc) is 2.78. The van der Waals surface area contributed by atoms with Crippen LogP contribution < -0.4 is 15.2 Å². The zero-order valence-corrected chi connectivity index (χ0v) is 11.9. The Morgan fingerprint density at radius 2 is 2.10 bits per heavy atom. The highest BCUT2D eigenvalue weighted by Crippen LogP contribution is 2.32. The van der Waals surface area contributed by atoms with Gasteiger partial charge in [0.1, 0.15) is 13.2 Å². The second kappa shape index (κ2) is 5.34. The molecule has 1 aliphatic heterocycles. The summed E-state index contributed by atoms with van der Waals surface area (Å²) in [5, 5.41) is 4.87. The zero-order chi connectivity index (χ0) is 14.1. The molecule has 0 saturated heterocycles. The molecule has 2 aromatic rings. The second-order valence-electron chi connectivity index (χ2n) is 4.77.